The number of aromatic nitrogens is 3. The molecule has 5 heteroatoms. The molecule has 0 spiro atoms. The Morgan fingerprint density at radius 3 is 2.22 bits per heavy atom. The van der Waals surface area contributed by atoms with Crippen LogP contribution in [0, 0.1) is 10.8 Å². The molecule has 2 aromatic carbocycles. The second kappa shape index (κ2) is 14.4. The highest BCUT2D eigenvalue weighted by Gasteiger charge is 2.27. The maximum Gasteiger partial charge on any atom is 0.130 e. The summed E-state index contributed by atoms with van der Waals surface area (Å²) in [5, 5.41) is 4.90. The third-order valence-electron chi connectivity index (χ3n) is 8.64. The summed E-state index contributed by atoms with van der Waals surface area (Å²) in [5.41, 5.74) is 8.38. The lowest BCUT2D eigenvalue weighted by Crippen LogP contribution is -2.25. The molecule has 0 atom stereocenters. The molecule has 5 rings (SSSR count). The van der Waals surface area contributed by atoms with E-state index >= 15 is 0 Å². The largest absolute Gasteiger partial charge is 0.496 e. The third-order valence-corrected chi connectivity index (χ3v) is 8.64. The highest BCUT2D eigenvalue weighted by Crippen LogP contribution is 2.36. The van der Waals surface area contributed by atoms with Crippen molar-refractivity contribution in [3.8, 4) is 11.5 Å². The summed E-state index contributed by atoms with van der Waals surface area (Å²) in [7, 11) is 1.67. The van der Waals surface area contributed by atoms with Crippen LogP contribution >= 0.6 is 0 Å². The predicted octanol–water partition coefficient (Wildman–Crippen LogP) is 10.6. The Morgan fingerprint density at radius 2 is 1.57 bits per heavy atom. The molecule has 0 saturated carbocycles. The predicted molar refractivity (Wildman–Crippen MR) is 195 cm³/mol. The van der Waals surface area contributed by atoms with Crippen LogP contribution in [0.5, 0.6) is 11.5 Å². The number of rotatable bonds is 8. The molecule has 0 saturated heterocycles. The minimum atomic E-state index is -0.155. The van der Waals surface area contributed by atoms with Gasteiger partial charge >= 0.3 is 0 Å². The first-order valence-corrected chi connectivity index (χ1v) is 16.1. The molecule has 0 N–H and O–H groups in total. The molecule has 242 valence electrons. The number of fused-ring (bicyclic) bond motifs is 1. The fourth-order valence-electron chi connectivity index (χ4n) is 4.45. The van der Waals surface area contributed by atoms with Gasteiger partial charge in [-0.2, -0.15) is 5.10 Å². The van der Waals surface area contributed by atoms with E-state index < -0.39 is 0 Å². The van der Waals surface area contributed by atoms with Gasteiger partial charge in [-0.1, -0.05) is 84.0 Å². The molecular weight excluding hydrogens is 566 g/mol. The summed E-state index contributed by atoms with van der Waals surface area (Å²) >= 11 is 0. The first kappa shape index (κ1) is 34.5. The zero-order valence-electron chi connectivity index (χ0n) is 29.4. The topological polar surface area (TPSA) is 49.2 Å². The number of allylic oxidation sites excluding steroid dienone is 1. The van der Waals surface area contributed by atoms with Crippen molar-refractivity contribution in [1.82, 2.24) is 14.8 Å². The maximum absolute atomic E-state index is 5.90. The van der Waals surface area contributed by atoms with Gasteiger partial charge < -0.3 is 9.47 Å². The van der Waals surface area contributed by atoms with Crippen LogP contribution in [0.15, 0.2) is 72.9 Å². The van der Waals surface area contributed by atoms with E-state index in [1.54, 1.807) is 13.3 Å². The van der Waals surface area contributed by atoms with Crippen molar-refractivity contribution in [2.75, 3.05) is 7.11 Å². The maximum atomic E-state index is 5.90. The lowest BCUT2D eigenvalue weighted by molar-refractivity contribution is 0.157. The van der Waals surface area contributed by atoms with E-state index in [-0.39, 0.29) is 5.54 Å². The zero-order valence-corrected chi connectivity index (χ0v) is 29.4. The van der Waals surface area contributed by atoms with Gasteiger partial charge in [0.1, 0.15) is 18.1 Å². The fourth-order valence-corrected chi connectivity index (χ4v) is 4.45. The quantitative estimate of drug-likeness (QED) is 0.197. The Balaban J connectivity index is 0.000000533. The number of hydrogen-bond donors (Lipinski definition) is 0. The van der Waals surface area contributed by atoms with Crippen LogP contribution in [0.4, 0.5) is 0 Å². The fraction of sp³-hybridized carbons (Fsp3) is 0.366. The molecule has 5 nitrogen and oxygen atoms in total. The van der Waals surface area contributed by atoms with Gasteiger partial charge in [-0.3, -0.25) is 9.67 Å². The Bertz CT molecular complexity index is 1680. The number of ether oxygens (including phenoxy) is 2. The van der Waals surface area contributed by atoms with Crippen molar-refractivity contribution in [2.24, 2.45) is 10.8 Å². The molecule has 1 aliphatic carbocycles. The minimum absolute atomic E-state index is 0.155. The first-order valence-electron chi connectivity index (χ1n) is 16.1. The molecule has 46 heavy (non-hydrogen) atoms. The average Bonchev–Trinajstić information content (AvgIpc) is 3.65. The van der Waals surface area contributed by atoms with Crippen molar-refractivity contribution >= 4 is 30.4 Å². The van der Waals surface area contributed by atoms with E-state index in [2.05, 4.69) is 121 Å². The molecule has 2 heterocycles. The van der Waals surface area contributed by atoms with E-state index in [0.29, 0.717) is 17.4 Å². The number of hydrogen-bond acceptors (Lipinski definition) is 4. The lowest BCUT2D eigenvalue weighted by atomic mass is 9.71. The van der Waals surface area contributed by atoms with E-state index in [1.165, 1.54) is 16.7 Å². The highest BCUT2D eigenvalue weighted by atomic mass is 16.5. The van der Waals surface area contributed by atoms with Gasteiger partial charge in [-0.05, 0) is 103 Å². The van der Waals surface area contributed by atoms with Crippen LogP contribution in [0.3, 0.4) is 0 Å². The minimum Gasteiger partial charge on any atom is -0.496 e. The van der Waals surface area contributed by atoms with Gasteiger partial charge in [0.2, 0.25) is 0 Å². The van der Waals surface area contributed by atoms with E-state index in [0.717, 1.165) is 40.6 Å². The van der Waals surface area contributed by atoms with Crippen molar-refractivity contribution in [3.63, 3.8) is 0 Å². The number of benzene rings is 2. The van der Waals surface area contributed by atoms with Gasteiger partial charge in [-0.15, -0.1) is 0 Å². The Kier molecular flexibility index (Phi) is 10.8. The standard InChI is InChI=1S/C33H33N3O2.C8H18/c1-33(2,3)36-30(17-12-24-11-13-25-8-7-9-27(25)20-24)21-28(35-36)16-14-26-15-18-31(22-32(26)37-4)38-23-29-10-5-6-19-34-29;1-7(2,3)8(4,5)6/h5-8,10-22H,9,23H2,1-4H3;1-6H3/b16-14+,17-12+;. The molecule has 0 amide bonds. The van der Waals surface area contributed by atoms with Crippen LogP contribution in [-0.2, 0) is 18.6 Å². The molecule has 0 radical (unpaired) electrons. The van der Waals surface area contributed by atoms with E-state index in [9.17, 15) is 0 Å². The van der Waals surface area contributed by atoms with Crippen molar-refractivity contribution in [1.29, 1.82) is 0 Å². The Labute approximate surface area is 276 Å². The van der Waals surface area contributed by atoms with Crippen LogP contribution in [-0.4, -0.2) is 21.9 Å². The molecule has 0 bridgehead atoms. The Hall–Kier alpha value is -4.38. The van der Waals surface area contributed by atoms with Crippen LogP contribution in [0.25, 0.3) is 30.4 Å². The summed E-state index contributed by atoms with van der Waals surface area (Å²) in [4.78, 5) is 4.30. The summed E-state index contributed by atoms with van der Waals surface area (Å²) in [6, 6.07) is 20.4. The molecule has 0 aliphatic heterocycles. The second-order valence-corrected chi connectivity index (χ2v) is 14.8. The van der Waals surface area contributed by atoms with Gasteiger partial charge in [0, 0.05) is 17.8 Å². The lowest BCUT2D eigenvalue weighted by Gasteiger charge is -2.34. The normalized spacial score (nSPS) is 13.2. The van der Waals surface area contributed by atoms with E-state index in [4.69, 9.17) is 14.6 Å². The van der Waals surface area contributed by atoms with Gasteiger partial charge in [-0.25, -0.2) is 0 Å². The SMILES string of the molecule is CC(C)(C)C(C)(C)C.COc1cc(OCc2ccccn2)ccc1/C=C/c1cc(/C=C/c2ccc3c(c2)CC=C3)n(C(C)(C)C)n1. The monoisotopic (exact) mass is 617 g/mol. The highest BCUT2D eigenvalue weighted by molar-refractivity contribution is 5.75. The smallest absolute Gasteiger partial charge is 0.130 e. The van der Waals surface area contributed by atoms with Crippen molar-refractivity contribution in [3.05, 3.63) is 112 Å². The molecule has 4 aromatic rings. The van der Waals surface area contributed by atoms with Crippen LogP contribution < -0.4 is 9.47 Å². The molecule has 1 aliphatic rings. The van der Waals surface area contributed by atoms with Crippen LogP contribution in [0.1, 0.15) is 102 Å². The van der Waals surface area contributed by atoms with Gasteiger partial charge in [0.25, 0.3) is 0 Å². The summed E-state index contributed by atoms with van der Waals surface area (Å²) in [5.74, 6) is 1.47. The number of methoxy groups -OCH3 is 1. The zero-order chi connectivity index (χ0) is 33.5. The molecule has 2 aromatic heterocycles. The van der Waals surface area contributed by atoms with E-state index in [1.807, 2.05) is 48.6 Å². The first-order chi connectivity index (χ1) is 21.6. The number of nitrogens with zero attached hydrogens (tertiary/aromatic N) is 3. The van der Waals surface area contributed by atoms with Gasteiger partial charge in [0.15, 0.2) is 0 Å². The van der Waals surface area contributed by atoms with Crippen molar-refractivity contribution in [2.45, 2.75) is 80.9 Å². The second-order valence-electron chi connectivity index (χ2n) is 14.8. The average molecular weight is 618 g/mol. The third kappa shape index (κ3) is 9.32. The van der Waals surface area contributed by atoms with Crippen LogP contribution in [0.2, 0.25) is 0 Å². The molecule has 0 fully saturated rings. The molecular formula is C41H51N3O2. The molecule has 0 unspecified atom stereocenters. The summed E-state index contributed by atoms with van der Waals surface area (Å²) in [6.45, 7) is 20.5. The summed E-state index contributed by atoms with van der Waals surface area (Å²) in [6.07, 6.45) is 15.5. The number of pyridine rings is 1. The van der Waals surface area contributed by atoms with Crippen molar-refractivity contribution < 1.29 is 9.47 Å². The Morgan fingerprint density at radius 1 is 0.804 bits per heavy atom. The van der Waals surface area contributed by atoms with Gasteiger partial charge in [0.05, 0.1) is 29.7 Å². The summed E-state index contributed by atoms with van der Waals surface area (Å²) < 4.78 is 13.6.